The molecule has 1 atom stereocenters. The lowest BCUT2D eigenvalue weighted by molar-refractivity contribution is 0.0912. The van der Waals surface area contributed by atoms with Crippen LogP contribution < -0.4 is 0 Å². The van der Waals surface area contributed by atoms with E-state index in [9.17, 15) is 0 Å². The van der Waals surface area contributed by atoms with Crippen LogP contribution in [0.3, 0.4) is 0 Å². The molecule has 0 aromatic carbocycles. The zero-order valence-electron chi connectivity index (χ0n) is 7.86. The Kier molecular flexibility index (Phi) is 5.04. The van der Waals surface area contributed by atoms with Crippen LogP contribution in [0.25, 0.3) is 0 Å². The summed E-state index contributed by atoms with van der Waals surface area (Å²) in [6, 6.07) is 0. The second-order valence-corrected chi connectivity index (χ2v) is 2.59. The fraction of sp³-hybridized carbons (Fsp3) is 0.444. The van der Waals surface area contributed by atoms with Gasteiger partial charge in [0, 0.05) is 12.7 Å². The molecule has 0 aliphatic rings. The normalized spacial score (nSPS) is 14.8. The second-order valence-electron chi connectivity index (χ2n) is 2.59. The SMILES string of the molecule is C=C/C=C(\C)N=CN(C)C(C)O. The Morgan fingerprint density at radius 1 is 1.67 bits per heavy atom. The molecule has 0 aromatic heterocycles. The van der Waals surface area contributed by atoms with Gasteiger partial charge in [-0.05, 0) is 19.9 Å². The maximum atomic E-state index is 9.06. The first-order valence-electron chi connectivity index (χ1n) is 3.81. The number of hydrogen-bond acceptors (Lipinski definition) is 2. The molecule has 3 nitrogen and oxygen atoms in total. The molecule has 0 heterocycles. The lowest BCUT2D eigenvalue weighted by Crippen LogP contribution is -2.26. The molecule has 12 heavy (non-hydrogen) atoms. The van der Waals surface area contributed by atoms with Gasteiger partial charge < -0.3 is 10.0 Å². The first kappa shape index (κ1) is 10.9. The minimum atomic E-state index is -0.509. The Hall–Kier alpha value is -1.09. The van der Waals surface area contributed by atoms with Gasteiger partial charge in [0.05, 0.1) is 6.34 Å². The number of rotatable bonds is 4. The van der Waals surface area contributed by atoms with Gasteiger partial charge in [-0.2, -0.15) is 0 Å². The summed E-state index contributed by atoms with van der Waals surface area (Å²) in [7, 11) is 1.76. The van der Waals surface area contributed by atoms with E-state index >= 15 is 0 Å². The summed E-state index contributed by atoms with van der Waals surface area (Å²) >= 11 is 0. The van der Waals surface area contributed by atoms with E-state index in [1.165, 1.54) is 0 Å². The summed E-state index contributed by atoms with van der Waals surface area (Å²) in [4.78, 5) is 5.68. The predicted octanol–water partition coefficient (Wildman–Crippen LogP) is 1.37. The summed E-state index contributed by atoms with van der Waals surface area (Å²) in [5, 5.41) is 9.06. The van der Waals surface area contributed by atoms with E-state index in [0.717, 1.165) is 5.70 Å². The van der Waals surface area contributed by atoms with Crippen LogP contribution in [-0.4, -0.2) is 29.6 Å². The van der Waals surface area contributed by atoms with Crippen LogP contribution in [0.2, 0.25) is 0 Å². The largest absolute Gasteiger partial charge is 0.374 e. The molecule has 1 unspecified atom stereocenters. The van der Waals surface area contributed by atoms with Gasteiger partial charge in [0.1, 0.15) is 6.23 Å². The van der Waals surface area contributed by atoms with Gasteiger partial charge in [0.2, 0.25) is 0 Å². The topological polar surface area (TPSA) is 35.8 Å². The van der Waals surface area contributed by atoms with E-state index in [1.54, 1.807) is 37.4 Å². The fourth-order valence-electron chi connectivity index (χ4n) is 0.492. The summed E-state index contributed by atoms with van der Waals surface area (Å²) < 4.78 is 0. The summed E-state index contributed by atoms with van der Waals surface area (Å²) in [6.45, 7) is 7.10. The van der Waals surface area contributed by atoms with E-state index in [1.807, 2.05) is 6.92 Å². The third kappa shape index (κ3) is 4.68. The Morgan fingerprint density at radius 2 is 2.25 bits per heavy atom. The van der Waals surface area contributed by atoms with Crippen molar-refractivity contribution in [3.8, 4) is 0 Å². The summed E-state index contributed by atoms with van der Waals surface area (Å²) in [5.74, 6) is 0. The number of nitrogens with zero attached hydrogens (tertiary/aromatic N) is 2. The second kappa shape index (κ2) is 5.55. The van der Waals surface area contributed by atoms with Crippen molar-refractivity contribution in [2.75, 3.05) is 7.05 Å². The number of allylic oxidation sites excluding steroid dienone is 3. The summed E-state index contributed by atoms with van der Waals surface area (Å²) in [6.07, 6.45) is 4.55. The Labute approximate surface area is 73.7 Å². The highest BCUT2D eigenvalue weighted by Gasteiger charge is 1.96. The van der Waals surface area contributed by atoms with Crippen LogP contribution in [0.1, 0.15) is 13.8 Å². The third-order valence-electron chi connectivity index (χ3n) is 1.39. The van der Waals surface area contributed by atoms with Gasteiger partial charge in [-0.25, -0.2) is 4.99 Å². The van der Waals surface area contributed by atoms with Crippen LogP contribution in [0, 0.1) is 0 Å². The molecule has 3 heteroatoms. The van der Waals surface area contributed by atoms with Crippen molar-refractivity contribution in [2.24, 2.45) is 4.99 Å². The lowest BCUT2D eigenvalue weighted by atomic mass is 10.4. The fourth-order valence-corrected chi connectivity index (χ4v) is 0.492. The monoisotopic (exact) mass is 168 g/mol. The van der Waals surface area contributed by atoms with Crippen LogP contribution in [0.4, 0.5) is 0 Å². The molecule has 0 fully saturated rings. The average molecular weight is 168 g/mol. The van der Waals surface area contributed by atoms with Crippen LogP contribution in [-0.2, 0) is 0 Å². The maximum Gasteiger partial charge on any atom is 0.124 e. The third-order valence-corrected chi connectivity index (χ3v) is 1.39. The van der Waals surface area contributed by atoms with Gasteiger partial charge in [-0.3, -0.25) is 0 Å². The molecule has 0 aliphatic heterocycles. The minimum Gasteiger partial charge on any atom is -0.374 e. The van der Waals surface area contributed by atoms with Gasteiger partial charge in [-0.1, -0.05) is 12.7 Å². The molecule has 0 saturated heterocycles. The van der Waals surface area contributed by atoms with Crippen LogP contribution in [0.15, 0.2) is 29.4 Å². The summed E-state index contributed by atoms with van der Waals surface area (Å²) in [5.41, 5.74) is 0.859. The van der Waals surface area contributed by atoms with Crippen LogP contribution in [0.5, 0.6) is 0 Å². The van der Waals surface area contributed by atoms with Crippen molar-refractivity contribution in [2.45, 2.75) is 20.1 Å². The van der Waals surface area contributed by atoms with Gasteiger partial charge in [0.25, 0.3) is 0 Å². The molecule has 0 spiro atoms. The van der Waals surface area contributed by atoms with Crippen molar-refractivity contribution in [1.29, 1.82) is 0 Å². The van der Waals surface area contributed by atoms with Gasteiger partial charge >= 0.3 is 0 Å². The van der Waals surface area contributed by atoms with Crippen LogP contribution >= 0.6 is 0 Å². The molecular weight excluding hydrogens is 152 g/mol. The quantitative estimate of drug-likeness (QED) is 0.298. The van der Waals surface area contributed by atoms with E-state index < -0.39 is 6.23 Å². The van der Waals surface area contributed by atoms with Crippen molar-refractivity contribution in [3.63, 3.8) is 0 Å². The highest BCUT2D eigenvalue weighted by molar-refractivity contribution is 5.56. The highest BCUT2D eigenvalue weighted by Crippen LogP contribution is 1.94. The standard InChI is InChI=1S/C9H16N2O/c1-5-6-8(2)10-7-11(4)9(3)12/h5-7,9,12H,1H2,2-4H3/b8-6+,10-7?. The van der Waals surface area contributed by atoms with E-state index in [-0.39, 0.29) is 0 Å². The molecule has 0 aliphatic carbocycles. The molecule has 68 valence electrons. The average Bonchev–Trinajstić information content (AvgIpc) is 2.00. The molecule has 0 bridgehead atoms. The van der Waals surface area contributed by atoms with Gasteiger partial charge in [-0.15, -0.1) is 0 Å². The molecule has 0 radical (unpaired) electrons. The van der Waals surface area contributed by atoms with E-state index in [4.69, 9.17) is 5.11 Å². The highest BCUT2D eigenvalue weighted by atomic mass is 16.3. The predicted molar refractivity (Wildman–Crippen MR) is 51.9 cm³/mol. The molecule has 1 N–H and O–H groups in total. The molecule has 0 aromatic rings. The van der Waals surface area contributed by atoms with Crippen molar-refractivity contribution in [3.05, 3.63) is 24.4 Å². The first-order valence-corrected chi connectivity index (χ1v) is 3.81. The zero-order valence-corrected chi connectivity index (χ0v) is 7.86. The number of hydrogen-bond donors (Lipinski definition) is 1. The first-order chi connectivity index (χ1) is 5.57. The molecular formula is C9H16N2O. The van der Waals surface area contributed by atoms with Gasteiger partial charge in [0.15, 0.2) is 0 Å². The van der Waals surface area contributed by atoms with Crippen molar-refractivity contribution >= 4 is 6.34 Å². The smallest absolute Gasteiger partial charge is 0.124 e. The maximum absolute atomic E-state index is 9.06. The van der Waals surface area contributed by atoms with E-state index in [0.29, 0.717) is 0 Å². The van der Waals surface area contributed by atoms with E-state index in [2.05, 4.69) is 11.6 Å². The lowest BCUT2D eigenvalue weighted by Gasteiger charge is -2.15. The zero-order chi connectivity index (χ0) is 9.56. The molecule has 0 amide bonds. The van der Waals surface area contributed by atoms with Crippen molar-refractivity contribution in [1.82, 2.24) is 4.90 Å². The Bertz CT molecular complexity index is 195. The number of aliphatic hydroxyl groups is 1. The number of aliphatic imine (C=N–C) groups is 1. The van der Waals surface area contributed by atoms with Crippen molar-refractivity contribution < 1.29 is 5.11 Å². The molecule has 0 rings (SSSR count). The Balaban J connectivity index is 4.06. The minimum absolute atomic E-state index is 0.509. The number of aliphatic hydroxyl groups excluding tert-OH is 1. The Morgan fingerprint density at radius 3 is 2.67 bits per heavy atom. The molecule has 0 saturated carbocycles.